The predicted molar refractivity (Wildman–Crippen MR) is 72.6 cm³/mol. The van der Waals surface area contributed by atoms with Gasteiger partial charge in [0.2, 0.25) is 0 Å². The van der Waals surface area contributed by atoms with E-state index in [-0.39, 0.29) is 17.8 Å². The molecule has 0 bridgehead atoms. The van der Waals surface area contributed by atoms with Crippen LogP contribution in [0.2, 0.25) is 0 Å². The number of ketones is 1. The lowest BCUT2D eigenvalue weighted by Crippen LogP contribution is -2.08. The number of rotatable bonds is 4. The first-order chi connectivity index (χ1) is 9.13. The Morgan fingerprint density at radius 1 is 1.05 bits per heavy atom. The molecule has 0 aromatic heterocycles. The van der Waals surface area contributed by atoms with Crippen molar-refractivity contribution in [2.75, 3.05) is 6.26 Å². The zero-order valence-electron chi connectivity index (χ0n) is 10.3. The molecule has 2 aromatic carbocycles. The van der Waals surface area contributed by atoms with Gasteiger partial charge in [0.25, 0.3) is 0 Å². The highest BCUT2D eigenvalue weighted by molar-refractivity contribution is 7.98. The summed E-state index contributed by atoms with van der Waals surface area (Å²) >= 11 is 1.43. The molecule has 0 unspecified atom stereocenters. The first-order valence-electron chi connectivity index (χ1n) is 5.72. The Hall–Kier alpha value is -1.68. The van der Waals surface area contributed by atoms with E-state index in [4.69, 9.17) is 0 Å². The van der Waals surface area contributed by atoms with Crippen molar-refractivity contribution in [1.82, 2.24) is 0 Å². The molecule has 0 saturated carbocycles. The largest absolute Gasteiger partial charge is 0.294 e. The number of benzene rings is 2. The fourth-order valence-corrected chi connectivity index (χ4v) is 2.45. The topological polar surface area (TPSA) is 17.1 Å². The summed E-state index contributed by atoms with van der Waals surface area (Å²) in [4.78, 5) is 13.0. The number of hydrogen-bond acceptors (Lipinski definition) is 2. The molecule has 0 radical (unpaired) electrons. The fourth-order valence-electron chi connectivity index (χ4n) is 1.83. The summed E-state index contributed by atoms with van der Waals surface area (Å²) in [5, 5.41) is 0. The van der Waals surface area contributed by atoms with Crippen LogP contribution in [0.4, 0.5) is 8.78 Å². The van der Waals surface area contributed by atoms with E-state index in [0.717, 1.165) is 17.0 Å². The van der Waals surface area contributed by atoms with E-state index in [9.17, 15) is 13.6 Å². The number of Topliss-reactive ketones (excluding diaryl/α,β-unsaturated/α-hetero) is 1. The molecule has 1 nitrogen and oxygen atoms in total. The lowest BCUT2D eigenvalue weighted by Gasteiger charge is -2.07. The summed E-state index contributed by atoms with van der Waals surface area (Å²) < 4.78 is 27.0. The van der Waals surface area contributed by atoms with Gasteiger partial charge >= 0.3 is 0 Å². The van der Waals surface area contributed by atoms with Crippen LogP contribution >= 0.6 is 11.8 Å². The van der Waals surface area contributed by atoms with E-state index < -0.39 is 11.6 Å². The molecule has 0 aliphatic carbocycles. The van der Waals surface area contributed by atoms with Crippen LogP contribution in [-0.2, 0) is 6.42 Å². The highest BCUT2D eigenvalue weighted by atomic mass is 32.2. The molecule has 0 N–H and O–H groups in total. The minimum Gasteiger partial charge on any atom is -0.294 e. The van der Waals surface area contributed by atoms with Crippen molar-refractivity contribution in [3.8, 4) is 0 Å². The van der Waals surface area contributed by atoms with Gasteiger partial charge in [0.05, 0.1) is 0 Å². The number of hydrogen-bond donors (Lipinski definition) is 0. The summed E-state index contributed by atoms with van der Waals surface area (Å²) in [6.45, 7) is 0. The third kappa shape index (κ3) is 3.01. The maximum Gasteiger partial charge on any atom is 0.168 e. The van der Waals surface area contributed by atoms with Gasteiger partial charge in [-0.25, -0.2) is 8.78 Å². The first-order valence-corrected chi connectivity index (χ1v) is 6.95. The molecule has 0 amide bonds. The number of carbonyl (C=O) groups is 1. The summed E-state index contributed by atoms with van der Waals surface area (Å²) in [6.07, 6.45) is 1.59. The maximum atomic E-state index is 13.5. The van der Waals surface area contributed by atoms with Crippen LogP contribution < -0.4 is 0 Å². The molecule has 0 spiro atoms. The van der Waals surface area contributed by atoms with Crippen LogP contribution in [0.25, 0.3) is 0 Å². The SMILES string of the molecule is CSc1ccccc1C(=O)Cc1c(F)cccc1F. The van der Waals surface area contributed by atoms with Gasteiger partial charge in [-0.2, -0.15) is 0 Å². The average Bonchev–Trinajstić information content (AvgIpc) is 2.42. The van der Waals surface area contributed by atoms with Gasteiger partial charge in [-0.05, 0) is 24.5 Å². The quantitative estimate of drug-likeness (QED) is 0.618. The van der Waals surface area contributed by atoms with Gasteiger partial charge in [0, 0.05) is 22.4 Å². The minimum atomic E-state index is -0.685. The molecule has 0 fully saturated rings. The van der Waals surface area contributed by atoms with E-state index in [0.29, 0.717) is 5.56 Å². The van der Waals surface area contributed by atoms with Crippen LogP contribution in [0.15, 0.2) is 47.4 Å². The van der Waals surface area contributed by atoms with E-state index in [1.807, 2.05) is 18.4 Å². The van der Waals surface area contributed by atoms with Crippen molar-refractivity contribution in [2.24, 2.45) is 0 Å². The molecular weight excluding hydrogens is 266 g/mol. The Morgan fingerprint density at radius 3 is 2.32 bits per heavy atom. The highest BCUT2D eigenvalue weighted by Gasteiger charge is 2.16. The standard InChI is InChI=1S/C15H12F2OS/c1-19-15-8-3-2-5-10(15)14(18)9-11-12(16)6-4-7-13(11)17/h2-8H,9H2,1H3. The van der Waals surface area contributed by atoms with Crippen molar-refractivity contribution < 1.29 is 13.6 Å². The van der Waals surface area contributed by atoms with E-state index in [2.05, 4.69) is 0 Å². The molecule has 0 aliphatic heterocycles. The summed E-state index contributed by atoms with van der Waals surface area (Å²) in [6, 6.07) is 10.7. The lowest BCUT2D eigenvalue weighted by molar-refractivity contribution is 0.0987. The Morgan fingerprint density at radius 2 is 1.68 bits per heavy atom. The van der Waals surface area contributed by atoms with Gasteiger partial charge in [-0.1, -0.05) is 24.3 Å². The zero-order valence-corrected chi connectivity index (χ0v) is 11.1. The Labute approximate surface area is 114 Å². The summed E-state index contributed by atoms with van der Waals surface area (Å²) in [7, 11) is 0. The number of thioether (sulfide) groups is 1. The molecule has 4 heteroatoms. The van der Waals surface area contributed by atoms with Gasteiger partial charge in [-0.3, -0.25) is 4.79 Å². The third-order valence-corrected chi connectivity index (χ3v) is 3.60. The lowest BCUT2D eigenvalue weighted by atomic mass is 10.0. The number of halogens is 2. The van der Waals surface area contributed by atoms with Crippen LogP contribution in [0, 0.1) is 11.6 Å². The van der Waals surface area contributed by atoms with Gasteiger partial charge in [-0.15, -0.1) is 11.8 Å². The second kappa shape index (κ2) is 5.97. The zero-order chi connectivity index (χ0) is 13.8. The van der Waals surface area contributed by atoms with Crippen molar-refractivity contribution in [3.05, 3.63) is 65.2 Å². The summed E-state index contributed by atoms with van der Waals surface area (Å²) in [5.74, 6) is -1.65. The van der Waals surface area contributed by atoms with Crippen LogP contribution in [0.3, 0.4) is 0 Å². The Balaban J connectivity index is 2.31. The molecule has 0 saturated heterocycles. The predicted octanol–water partition coefficient (Wildman–Crippen LogP) is 4.11. The molecule has 0 heterocycles. The Bertz CT molecular complexity index is 591. The van der Waals surface area contributed by atoms with E-state index in [1.54, 1.807) is 12.1 Å². The number of carbonyl (C=O) groups excluding carboxylic acids is 1. The minimum absolute atomic E-state index is 0.177. The Kier molecular flexibility index (Phi) is 4.32. The highest BCUT2D eigenvalue weighted by Crippen LogP contribution is 2.22. The third-order valence-electron chi connectivity index (χ3n) is 2.81. The maximum absolute atomic E-state index is 13.5. The molecule has 19 heavy (non-hydrogen) atoms. The van der Waals surface area contributed by atoms with Crippen molar-refractivity contribution in [2.45, 2.75) is 11.3 Å². The fraction of sp³-hybridized carbons (Fsp3) is 0.133. The van der Waals surface area contributed by atoms with Gasteiger partial charge in [0.15, 0.2) is 5.78 Å². The second-order valence-corrected chi connectivity index (χ2v) is 4.85. The average molecular weight is 278 g/mol. The van der Waals surface area contributed by atoms with E-state index >= 15 is 0 Å². The first kappa shape index (κ1) is 13.7. The smallest absolute Gasteiger partial charge is 0.168 e. The molecule has 98 valence electrons. The molecule has 2 rings (SSSR count). The van der Waals surface area contributed by atoms with Crippen molar-refractivity contribution >= 4 is 17.5 Å². The molecule has 0 aliphatic rings. The van der Waals surface area contributed by atoms with Gasteiger partial charge in [0.1, 0.15) is 11.6 Å². The van der Waals surface area contributed by atoms with Gasteiger partial charge < -0.3 is 0 Å². The monoisotopic (exact) mass is 278 g/mol. The molecule has 0 atom stereocenters. The van der Waals surface area contributed by atoms with Crippen molar-refractivity contribution in [3.63, 3.8) is 0 Å². The normalized spacial score (nSPS) is 10.5. The molecular formula is C15H12F2OS. The second-order valence-electron chi connectivity index (χ2n) is 4.00. The van der Waals surface area contributed by atoms with Crippen molar-refractivity contribution in [1.29, 1.82) is 0 Å². The van der Waals surface area contributed by atoms with Crippen LogP contribution in [0.5, 0.6) is 0 Å². The van der Waals surface area contributed by atoms with Crippen LogP contribution in [0.1, 0.15) is 15.9 Å². The molecule has 2 aromatic rings. The van der Waals surface area contributed by atoms with Crippen LogP contribution in [-0.4, -0.2) is 12.0 Å². The summed E-state index contributed by atoms with van der Waals surface area (Å²) in [5.41, 5.74) is 0.320. The van der Waals surface area contributed by atoms with E-state index in [1.165, 1.54) is 17.8 Å².